The summed E-state index contributed by atoms with van der Waals surface area (Å²) in [4.78, 5) is 0. The zero-order valence-corrected chi connectivity index (χ0v) is 13.9. The van der Waals surface area contributed by atoms with Gasteiger partial charge >= 0.3 is 0 Å². The van der Waals surface area contributed by atoms with E-state index in [1.807, 2.05) is 0 Å². The van der Waals surface area contributed by atoms with Gasteiger partial charge in [-0.05, 0) is 52.4 Å². The molecule has 0 fully saturated rings. The molecule has 0 aliphatic carbocycles. The Labute approximate surface area is 142 Å². The first-order valence-electron chi connectivity index (χ1n) is 6.08. The van der Waals surface area contributed by atoms with Gasteiger partial charge in [-0.15, -0.1) is 0 Å². The van der Waals surface area contributed by atoms with E-state index in [4.69, 9.17) is 17.0 Å². The SMILES string of the molecule is COc1ccc(NC(=S)Nc2c(F)c(F)c(Br)c(F)c2F)cc1. The van der Waals surface area contributed by atoms with Crippen LogP contribution in [-0.4, -0.2) is 12.2 Å². The summed E-state index contributed by atoms with van der Waals surface area (Å²) < 4.78 is 58.4. The fourth-order valence-electron chi connectivity index (χ4n) is 1.66. The quantitative estimate of drug-likeness (QED) is 0.330. The minimum atomic E-state index is -1.59. The predicted octanol–water partition coefficient (Wildman–Crippen LogP) is 4.82. The van der Waals surface area contributed by atoms with Crippen LogP contribution in [-0.2, 0) is 0 Å². The van der Waals surface area contributed by atoms with Crippen molar-refractivity contribution in [3.63, 3.8) is 0 Å². The summed E-state index contributed by atoms with van der Waals surface area (Å²) in [5, 5.41) is 4.49. The maximum atomic E-state index is 13.7. The van der Waals surface area contributed by atoms with Gasteiger partial charge < -0.3 is 15.4 Å². The molecule has 0 bridgehead atoms. The molecule has 0 unspecified atom stereocenters. The van der Waals surface area contributed by atoms with Gasteiger partial charge in [0.25, 0.3) is 0 Å². The summed E-state index contributed by atoms with van der Waals surface area (Å²) >= 11 is 7.30. The van der Waals surface area contributed by atoms with Crippen molar-refractivity contribution in [2.75, 3.05) is 17.7 Å². The molecule has 2 N–H and O–H groups in total. The molecule has 2 rings (SSSR count). The number of nitrogens with one attached hydrogen (secondary N) is 2. The molecule has 0 atom stereocenters. The van der Waals surface area contributed by atoms with E-state index >= 15 is 0 Å². The highest BCUT2D eigenvalue weighted by Crippen LogP contribution is 2.31. The summed E-state index contributed by atoms with van der Waals surface area (Å²) in [6.07, 6.45) is 0. The minimum absolute atomic E-state index is 0.242. The molecule has 0 aromatic heterocycles. The van der Waals surface area contributed by atoms with Gasteiger partial charge in [0, 0.05) is 5.69 Å². The monoisotopic (exact) mass is 408 g/mol. The van der Waals surface area contributed by atoms with Crippen molar-refractivity contribution in [3.05, 3.63) is 52.0 Å². The zero-order valence-electron chi connectivity index (χ0n) is 11.5. The minimum Gasteiger partial charge on any atom is -0.497 e. The first kappa shape index (κ1) is 17.5. The van der Waals surface area contributed by atoms with Crippen LogP contribution in [0.25, 0.3) is 0 Å². The number of ether oxygens (including phenoxy) is 1. The molecule has 0 radical (unpaired) electrons. The third kappa shape index (κ3) is 3.73. The summed E-state index contributed by atoms with van der Waals surface area (Å²) in [5.41, 5.74) is -0.531. The summed E-state index contributed by atoms with van der Waals surface area (Å²) in [6, 6.07) is 6.46. The molecule has 3 nitrogen and oxygen atoms in total. The van der Waals surface area contributed by atoms with Gasteiger partial charge in [-0.1, -0.05) is 0 Å². The predicted molar refractivity (Wildman–Crippen MR) is 86.8 cm³/mol. The molecule has 0 aliphatic heterocycles. The van der Waals surface area contributed by atoms with Crippen molar-refractivity contribution in [2.24, 2.45) is 0 Å². The number of hydrogen-bond acceptors (Lipinski definition) is 2. The van der Waals surface area contributed by atoms with E-state index in [0.29, 0.717) is 11.4 Å². The van der Waals surface area contributed by atoms with Crippen molar-refractivity contribution in [3.8, 4) is 5.75 Å². The third-order valence-electron chi connectivity index (χ3n) is 2.80. The lowest BCUT2D eigenvalue weighted by Gasteiger charge is -2.13. The molecule has 9 heteroatoms. The Morgan fingerprint density at radius 2 is 1.48 bits per heavy atom. The number of halogens is 5. The Morgan fingerprint density at radius 3 is 1.96 bits per heavy atom. The van der Waals surface area contributed by atoms with E-state index in [1.165, 1.54) is 7.11 Å². The molecule has 2 aromatic rings. The normalized spacial score (nSPS) is 10.3. The van der Waals surface area contributed by atoms with Crippen molar-refractivity contribution in [2.45, 2.75) is 0 Å². The Hall–Kier alpha value is -1.87. The maximum Gasteiger partial charge on any atom is 0.186 e. The van der Waals surface area contributed by atoms with Gasteiger partial charge in [0.1, 0.15) is 11.4 Å². The molecule has 122 valence electrons. The Balaban J connectivity index is 2.20. The van der Waals surface area contributed by atoms with E-state index in [9.17, 15) is 17.6 Å². The number of methoxy groups -OCH3 is 1. The van der Waals surface area contributed by atoms with Crippen molar-refractivity contribution in [1.82, 2.24) is 0 Å². The fraction of sp³-hybridized carbons (Fsp3) is 0.0714. The lowest BCUT2D eigenvalue weighted by molar-refractivity contribution is 0.415. The smallest absolute Gasteiger partial charge is 0.186 e. The van der Waals surface area contributed by atoms with E-state index in [0.717, 1.165) is 0 Å². The van der Waals surface area contributed by atoms with Crippen molar-refractivity contribution >= 4 is 44.6 Å². The molecule has 0 amide bonds. The van der Waals surface area contributed by atoms with Crippen molar-refractivity contribution in [1.29, 1.82) is 0 Å². The summed E-state index contributed by atoms with van der Waals surface area (Å²) in [5.74, 6) is -5.69. The number of benzene rings is 2. The average Bonchev–Trinajstić information content (AvgIpc) is 2.56. The van der Waals surface area contributed by atoms with Crippen LogP contribution in [0.1, 0.15) is 0 Å². The van der Waals surface area contributed by atoms with Crippen LogP contribution >= 0.6 is 28.1 Å². The zero-order chi connectivity index (χ0) is 17.1. The second kappa shape index (κ2) is 7.14. The molecule has 0 saturated heterocycles. The second-order valence-corrected chi connectivity index (χ2v) is 5.45. The molecule has 23 heavy (non-hydrogen) atoms. The number of anilines is 2. The third-order valence-corrected chi connectivity index (χ3v) is 3.70. The first-order valence-corrected chi connectivity index (χ1v) is 7.28. The lowest BCUT2D eigenvalue weighted by Crippen LogP contribution is -2.21. The molecule has 0 spiro atoms. The van der Waals surface area contributed by atoms with Crippen molar-refractivity contribution < 1.29 is 22.3 Å². The van der Waals surface area contributed by atoms with Crippen LogP contribution in [0.3, 0.4) is 0 Å². The second-order valence-electron chi connectivity index (χ2n) is 4.25. The highest BCUT2D eigenvalue weighted by atomic mass is 79.9. The number of hydrogen-bond donors (Lipinski definition) is 2. The van der Waals surface area contributed by atoms with E-state index in [1.54, 1.807) is 24.3 Å². The molecular formula is C14H9BrF4N2OS. The molecule has 0 heterocycles. The van der Waals surface area contributed by atoms with Crippen LogP contribution < -0.4 is 15.4 Å². The Kier molecular flexibility index (Phi) is 5.42. The highest BCUT2D eigenvalue weighted by Gasteiger charge is 2.24. The number of thiocarbonyl (C=S) groups is 1. The molecule has 0 aliphatic rings. The van der Waals surface area contributed by atoms with Gasteiger partial charge in [0.15, 0.2) is 28.4 Å². The van der Waals surface area contributed by atoms with Gasteiger partial charge in [-0.25, -0.2) is 17.6 Å². The Morgan fingerprint density at radius 1 is 0.957 bits per heavy atom. The fourth-order valence-corrected chi connectivity index (χ4v) is 2.23. The van der Waals surface area contributed by atoms with Gasteiger partial charge in [0.05, 0.1) is 11.6 Å². The summed E-state index contributed by atoms with van der Waals surface area (Å²) in [6.45, 7) is 0. The van der Waals surface area contributed by atoms with Gasteiger partial charge in [-0.2, -0.15) is 0 Å². The van der Waals surface area contributed by atoms with Crippen LogP contribution in [0.5, 0.6) is 5.75 Å². The van der Waals surface area contributed by atoms with Crippen LogP contribution in [0, 0.1) is 23.3 Å². The number of rotatable bonds is 3. The van der Waals surface area contributed by atoms with Gasteiger partial charge in [0.2, 0.25) is 0 Å². The molecule has 2 aromatic carbocycles. The lowest BCUT2D eigenvalue weighted by atomic mass is 10.2. The van der Waals surface area contributed by atoms with Crippen LogP contribution in [0.2, 0.25) is 0 Å². The largest absolute Gasteiger partial charge is 0.497 e. The average molecular weight is 409 g/mol. The molecule has 0 saturated carbocycles. The van der Waals surface area contributed by atoms with Gasteiger partial charge in [-0.3, -0.25) is 0 Å². The topological polar surface area (TPSA) is 33.3 Å². The van der Waals surface area contributed by atoms with E-state index in [2.05, 4.69) is 26.6 Å². The highest BCUT2D eigenvalue weighted by molar-refractivity contribution is 9.10. The van der Waals surface area contributed by atoms with E-state index < -0.39 is 33.4 Å². The van der Waals surface area contributed by atoms with Crippen LogP contribution in [0.15, 0.2) is 28.7 Å². The first-order chi connectivity index (χ1) is 10.8. The Bertz CT molecular complexity index is 726. The maximum absolute atomic E-state index is 13.7. The summed E-state index contributed by atoms with van der Waals surface area (Å²) in [7, 11) is 1.50. The standard InChI is InChI=1S/C14H9BrF4N2OS/c1-22-7-4-2-6(3-5-7)20-14(23)21-13-11(18)9(16)8(15)10(17)12(13)19/h2-5H,1H3,(H2,20,21,23). The van der Waals surface area contributed by atoms with E-state index in [-0.39, 0.29) is 5.11 Å². The van der Waals surface area contributed by atoms with Crippen LogP contribution in [0.4, 0.5) is 28.9 Å². The molecular weight excluding hydrogens is 400 g/mol.